The zero-order chi connectivity index (χ0) is 28.6. The van der Waals surface area contributed by atoms with Crippen LogP contribution < -0.4 is 5.32 Å². The van der Waals surface area contributed by atoms with E-state index in [-0.39, 0.29) is 21.3 Å². The number of benzene rings is 3. The third-order valence-electron chi connectivity index (χ3n) is 6.28. The summed E-state index contributed by atoms with van der Waals surface area (Å²) in [5, 5.41) is 2.11. The van der Waals surface area contributed by atoms with E-state index in [0.717, 1.165) is 40.2 Å². The van der Waals surface area contributed by atoms with E-state index in [9.17, 15) is 35.6 Å². The molecule has 1 amide bonds. The molecule has 0 fully saturated rings. The lowest BCUT2D eigenvalue weighted by atomic mass is 9.92. The van der Waals surface area contributed by atoms with Gasteiger partial charge in [0.05, 0.1) is 22.1 Å². The number of carbonyl (C=O) groups is 2. The van der Waals surface area contributed by atoms with Crippen LogP contribution >= 0.6 is 11.3 Å². The van der Waals surface area contributed by atoms with Gasteiger partial charge in [0.1, 0.15) is 11.3 Å². The molecule has 5 rings (SSSR count). The van der Waals surface area contributed by atoms with Gasteiger partial charge in [-0.2, -0.15) is 4.31 Å². The van der Waals surface area contributed by atoms with Crippen LogP contribution in [0.1, 0.15) is 23.6 Å². The summed E-state index contributed by atoms with van der Waals surface area (Å²) in [6.45, 7) is -0.719. The van der Waals surface area contributed by atoms with Gasteiger partial charge >= 0.3 is 5.97 Å². The molecule has 1 unspecified atom stereocenters. The highest BCUT2D eigenvalue weighted by Crippen LogP contribution is 2.37. The minimum absolute atomic E-state index is 0.0397. The smallest absolute Gasteiger partial charge is 0.308 e. The lowest BCUT2D eigenvalue weighted by Crippen LogP contribution is -2.41. The van der Waals surface area contributed by atoms with Crippen molar-refractivity contribution in [2.45, 2.75) is 23.8 Å². The lowest BCUT2D eigenvalue weighted by Gasteiger charge is -2.36. The fraction of sp³-hybridized carbons (Fsp3) is 0.192. The second-order valence-electron chi connectivity index (χ2n) is 8.80. The molecule has 3 aromatic carbocycles. The molecule has 2 heterocycles. The molecular formula is C26H19F4N3O5S2. The highest BCUT2D eigenvalue weighted by atomic mass is 32.2. The van der Waals surface area contributed by atoms with Crippen LogP contribution in [0.4, 0.5) is 22.7 Å². The zero-order valence-electron chi connectivity index (χ0n) is 20.4. The van der Waals surface area contributed by atoms with Crippen LogP contribution in [0.15, 0.2) is 59.5 Å². The number of halogens is 4. The normalized spacial score (nSPS) is 15.6. The Kier molecular flexibility index (Phi) is 7.57. The molecule has 0 saturated heterocycles. The van der Waals surface area contributed by atoms with E-state index < -0.39 is 69.8 Å². The molecule has 4 aromatic rings. The Hall–Kier alpha value is -3.88. The molecule has 1 aliphatic heterocycles. The maximum Gasteiger partial charge on any atom is 0.308 e. The Morgan fingerprint density at radius 2 is 1.77 bits per heavy atom. The van der Waals surface area contributed by atoms with Crippen molar-refractivity contribution in [3.05, 3.63) is 89.0 Å². The first-order valence-corrected chi connectivity index (χ1v) is 14.0. The average molecular weight is 594 g/mol. The number of anilines is 1. The minimum Gasteiger partial charge on any atom is -0.456 e. The fourth-order valence-electron chi connectivity index (χ4n) is 4.42. The molecule has 1 aromatic heterocycles. The number of nitrogens with one attached hydrogen (secondary N) is 1. The monoisotopic (exact) mass is 593 g/mol. The van der Waals surface area contributed by atoms with Crippen LogP contribution in [0.25, 0.3) is 10.2 Å². The van der Waals surface area contributed by atoms with E-state index >= 15 is 0 Å². The number of sulfonamides is 1. The Morgan fingerprint density at radius 3 is 2.52 bits per heavy atom. The summed E-state index contributed by atoms with van der Waals surface area (Å²) in [6, 6.07) is 11.1. The van der Waals surface area contributed by atoms with Gasteiger partial charge in [-0.15, -0.1) is 0 Å². The Bertz CT molecular complexity index is 1730. The third-order valence-corrected chi connectivity index (χ3v) is 9.12. The van der Waals surface area contributed by atoms with E-state index in [1.54, 1.807) is 18.2 Å². The molecule has 8 nitrogen and oxygen atoms in total. The lowest BCUT2D eigenvalue weighted by molar-refractivity contribution is -0.148. The first kappa shape index (κ1) is 27.7. The molecular weight excluding hydrogens is 574 g/mol. The molecule has 0 bridgehead atoms. The van der Waals surface area contributed by atoms with E-state index in [4.69, 9.17) is 4.74 Å². The van der Waals surface area contributed by atoms with Gasteiger partial charge in [-0.1, -0.05) is 35.6 Å². The summed E-state index contributed by atoms with van der Waals surface area (Å²) in [5.41, 5.74) is 0.978. The fourth-order valence-corrected chi connectivity index (χ4v) is 6.93. The maximum atomic E-state index is 13.9. The first-order valence-electron chi connectivity index (χ1n) is 11.8. The number of esters is 1. The van der Waals surface area contributed by atoms with E-state index in [1.807, 2.05) is 6.07 Å². The highest BCUT2D eigenvalue weighted by molar-refractivity contribution is 7.89. The number of fused-ring (bicyclic) bond motifs is 2. The molecule has 1 atom stereocenters. The zero-order valence-corrected chi connectivity index (χ0v) is 22.0. The van der Waals surface area contributed by atoms with Crippen LogP contribution in [0.3, 0.4) is 0 Å². The third kappa shape index (κ3) is 5.42. The summed E-state index contributed by atoms with van der Waals surface area (Å²) in [5.74, 6) is -6.92. The van der Waals surface area contributed by atoms with Gasteiger partial charge in [0, 0.05) is 6.54 Å². The van der Waals surface area contributed by atoms with Gasteiger partial charge < -0.3 is 4.74 Å². The van der Waals surface area contributed by atoms with Gasteiger partial charge in [-0.05, 0) is 47.9 Å². The van der Waals surface area contributed by atoms with Crippen molar-refractivity contribution < 1.29 is 40.3 Å². The van der Waals surface area contributed by atoms with Crippen LogP contribution in [0, 0.1) is 23.3 Å². The summed E-state index contributed by atoms with van der Waals surface area (Å²) in [7, 11) is -4.12. The molecule has 208 valence electrons. The van der Waals surface area contributed by atoms with Crippen molar-refractivity contribution in [2.24, 2.45) is 0 Å². The van der Waals surface area contributed by atoms with Crippen molar-refractivity contribution in [3.63, 3.8) is 0 Å². The Labute approximate surface area is 229 Å². The Balaban J connectivity index is 1.29. The van der Waals surface area contributed by atoms with E-state index in [1.165, 1.54) is 0 Å². The quantitative estimate of drug-likeness (QED) is 0.189. The van der Waals surface area contributed by atoms with Gasteiger partial charge in [0.25, 0.3) is 5.91 Å². The van der Waals surface area contributed by atoms with E-state index in [0.29, 0.717) is 23.3 Å². The molecule has 0 aliphatic carbocycles. The molecule has 0 spiro atoms. The predicted octanol–water partition coefficient (Wildman–Crippen LogP) is 4.71. The van der Waals surface area contributed by atoms with Crippen molar-refractivity contribution in [2.75, 3.05) is 18.5 Å². The van der Waals surface area contributed by atoms with Crippen LogP contribution in [0.5, 0.6) is 0 Å². The standard InChI is InChI=1S/C26H19F4N3O5S2/c27-15-5-7-16(8-6-15)40(36,37)33-10-9-14-3-1-2-4-17(14)19(33)12-22(35)38-13-21(34)31-26-32-25-20(39-26)11-18(28)23(29)24(25)30/h1-8,11,19H,9-10,12-13H2,(H,31,32,34). The number of amides is 1. The summed E-state index contributed by atoms with van der Waals surface area (Å²) < 4.78 is 87.2. The number of rotatable bonds is 7. The molecule has 40 heavy (non-hydrogen) atoms. The second kappa shape index (κ2) is 10.9. The number of nitrogens with zero attached hydrogens (tertiary/aromatic N) is 2. The van der Waals surface area contributed by atoms with Crippen molar-refractivity contribution in [3.8, 4) is 0 Å². The summed E-state index contributed by atoms with van der Waals surface area (Å²) in [4.78, 5) is 28.7. The number of thiazole rings is 1. The maximum absolute atomic E-state index is 13.9. The average Bonchev–Trinajstić information content (AvgIpc) is 3.33. The number of aromatic nitrogens is 1. The largest absolute Gasteiger partial charge is 0.456 e. The first-order chi connectivity index (χ1) is 19.0. The summed E-state index contributed by atoms with van der Waals surface area (Å²) >= 11 is 0.692. The topological polar surface area (TPSA) is 106 Å². The van der Waals surface area contributed by atoms with Crippen LogP contribution in [0.2, 0.25) is 0 Å². The SMILES string of the molecule is O=C(COC(=O)CC1c2ccccc2CCN1S(=O)(=O)c1ccc(F)cc1)Nc1nc2c(F)c(F)c(F)cc2s1. The number of ether oxygens (including phenoxy) is 1. The van der Waals surface area contributed by atoms with Crippen molar-refractivity contribution in [1.82, 2.24) is 9.29 Å². The molecule has 0 radical (unpaired) electrons. The summed E-state index contributed by atoms with van der Waals surface area (Å²) in [6.07, 6.45) is -0.0310. The van der Waals surface area contributed by atoms with Gasteiger partial charge in [-0.25, -0.2) is 31.0 Å². The predicted molar refractivity (Wildman–Crippen MR) is 137 cm³/mol. The van der Waals surface area contributed by atoms with Gasteiger partial charge in [-0.3, -0.25) is 14.9 Å². The molecule has 14 heteroatoms. The van der Waals surface area contributed by atoms with Gasteiger partial charge in [0.2, 0.25) is 10.0 Å². The Morgan fingerprint density at radius 1 is 1.05 bits per heavy atom. The van der Waals surface area contributed by atoms with Crippen LogP contribution in [-0.2, 0) is 30.8 Å². The van der Waals surface area contributed by atoms with Crippen molar-refractivity contribution in [1.29, 1.82) is 0 Å². The number of hydrogen-bond acceptors (Lipinski definition) is 7. The highest BCUT2D eigenvalue weighted by Gasteiger charge is 2.38. The molecule has 1 aliphatic rings. The molecule has 0 saturated carbocycles. The second-order valence-corrected chi connectivity index (χ2v) is 11.7. The van der Waals surface area contributed by atoms with E-state index in [2.05, 4.69) is 10.3 Å². The van der Waals surface area contributed by atoms with Gasteiger partial charge in [0.15, 0.2) is 29.2 Å². The molecule has 1 N–H and O–H groups in total. The van der Waals surface area contributed by atoms with Crippen LogP contribution in [-0.4, -0.2) is 42.7 Å². The number of carbonyl (C=O) groups excluding carboxylic acids is 2. The number of hydrogen-bond donors (Lipinski definition) is 1. The van der Waals surface area contributed by atoms with Crippen molar-refractivity contribution >= 4 is 48.6 Å². The minimum atomic E-state index is -4.12.